The third-order valence-electron chi connectivity index (χ3n) is 0.940. The summed E-state index contributed by atoms with van der Waals surface area (Å²) in [4.78, 5) is 16.0. The number of aromatic nitrogens is 2. The first-order valence-corrected chi connectivity index (χ1v) is 4.55. The van der Waals surface area contributed by atoms with E-state index in [2.05, 4.69) is 9.97 Å². The Morgan fingerprint density at radius 3 is 2.00 bits per heavy atom. The Kier molecular flexibility index (Phi) is 4.02. The average Bonchev–Trinajstić information content (AvgIpc) is 1.96. The van der Waals surface area contributed by atoms with Gasteiger partial charge in [0, 0.05) is 0 Å². The van der Waals surface area contributed by atoms with Crippen molar-refractivity contribution in [3.8, 4) is 5.75 Å². The van der Waals surface area contributed by atoms with Crippen molar-refractivity contribution in [2.24, 2.45) is 0 Å². The molecule has 8 N–H and O–H groups in total. The van der Waals surface area contributed by atoms with Crippen molar-refractivity contribution in [3.63, 3.8) is 0 Å². The molecule has 86 valence electrons. The number of aromatic amines is 1. The Morgan fingerprint density at radius 1 is 1.27 bits per heavy atom. The Balaban J connectivity index is 0.000000336. The molecule has 0 amide bonds. The fourth-order valence-electron chi connectivity index (χ4n) is 0.503. The second-order valence-corrected chi connectivity index (χ2v) is 3.03. The van der Waals surface area contributed by atoms with Crippen molar-refractivity contribution in [2.75, 3.05) is 11.5 Å². The van der Waals surface area contributed by atoms with E-state index in [0.717, 1.165) is 0 Å². The maximum atomic E-state index is 10.6. The molecule has 0 radical (unpaired) electrons. The number of nitrogens with one attached hydrogen (secondary N) is 1. The number of nitrogens with two attached hydrogens (primary N) is 2. The molecule has 0 atom stereocenters. The van der Waals surface area contributed by atoms with Crippen molar-refractivity contribution < 1.29 is 22.6 Å². The highest BCUT2D eigenvalue weighted by molar-refractivity contribution is 7.79. The van der Waals surface area contributed by atoms with Gasteiger partial charge in [0.25, 0.3) is 5.56 Å². The van der Waals surface area contributed by atoms with Crippen LogP contribution in [0, 0.1) is 0 Å². The Bertz CT molecular complexity index is 484. The molecule has 0 saturated heterocycles. The molecule has 1 heterocycles. The van der Waals surface area contributed by atoms with Crippen LogP contribution in [-0.4, -0.2) is 32.6 Å². The fraction of sp³-hybridized carbons (Fsp3) is 0. The van der Waals surface area contributed by atoms with Crippen molar-refractivity contribution in [1.82, 2.24) is 9.97 Å². The van der Waals surface area contributed by atoms with Crippen LogP contribution in [-0.2, 0) is 10.4 Å². The molecule has 0 aliphatic rings. The summed E-state index contributed by atoms with van der Waals surface area (Å²) in [7, 11) is -4.67. The van der Waals surface area contributed by atoms with E-state index in [1.165, 1.54) is 0 Å². The first-order chi connectivity index (χ1) is 6.61. The van der Waals surface area contributed by atoms with Gasteiger partial charge in [0.2, 0.25) is 11.7 Å². The van der Waals surface area contributed by atoms with Crippen molar-refractivity contribution in [3.05, 3.63) is 10.4 Å². The lowest BCUT2D eigenvalue weighted by Gasteiger charge is -1.95. The van der Waals surface area contributed by atoms with Crippen LogP contribution < -0.4 is 17.0 Å². The van der Waals surface area contributed by atoms with Gasteiger partial charge >= 0.3 is 10.4 Å². The molecule has 0 aromatic carbocycles. The molecule has 1 aromatic rings. The summed E-state index contributed by atoms with van der Waals surface area (Å²) in [5.74, 6) is -0.976. The van der Waals surface area contributed by atoms with E-state index < -0.39 is 21.7 Å². The van der Waals surface area contributed by atoms with E-state index in [-0.39, 0.29) is 11.8 Å². The molecule has 0 fully saturated rings. The third kappa shape index (κ3) is 6.25. The molecule has 0 unspecified atom stereocenters. The minimum atomic E-state index is -4.67. The van der Waals surface area contributed by atoms with Crippen LogP contribution in [0.4, 0.5) is 11.8 Å². The monoisotopic (exact) mass is 240 g/mol. The van der Waals surface area contributed by atoms with Gasteiger partial charge in [-0.3, -0.25) is 18.9 Å². The number of nitrogens with zero attached hydrogens (tertiary/aromatic N) is 1. The highest BCUT2D eigenvalue weighted by Gasteiger charge is 2.02. The van der Waals surface area contributed by atoms with Crippen LogP contribution >= 0.6 is 0 Å². The topological polar surface area (TPSA) is 193 Å². The predicted octanol–water partition coefficient (Wildman–Crippen LogP) is -2.01. The standard InChI is InChI=1S/C4H6N4O2.H2O4S/c5-2-1(9)3(10)8-4(6)7-2;1-5(2,3)4/h9H,(H5,5,6,7,8,10);(H2,1,2,3,4). The zero-order chi connectivity index (χ0) is 12.2. The zero-order valence-electron chi connectivity index (χ0n) is 7.08. The fourth-order valence-corrected chi connectivity index (χ4v) is 0.503. The summed E-state index contributed by atoms with van der Waals surface area (Å²) in [5, 5.41) is 8.74. The van der Waals surface area contributed by atoms with Gasteiger partial charge in [0.15, 0.2) is 5.82 Å². The Morgan fingerprint density at radius 2 is 1.67 bits per heavy atom. The number of rotatable bonds is 0. The Hall–Kier alpha value is -1.85. The molecule has 15 heavy (non-hydrogen) atoms. The van der Waals surface area contributed by atoms with Crippen molar-refractivity contribution in [2.45, 2.75) is 0 Å². The molecule has 1 aromatic heterocycles. The number of hydrogen-bond donors (Lipinski definition) is 6. The van der Waals surface area contributed by atoms with Crippen LogP contribution in [0.1, 0.15) is 0 Å². The van der Waals surface area contributed by atoms with Gasteiger partial charge in [-0.15, -0.1) is 0 Å². The minimum absolute atomic E-state index is 0.111. The van der Waals surface area contributed by atoms with Crippen molar-refractivity contribution in [1.29, 1.82) is 0 Å². The van der Waals surface area contributed by atoms with E-state index >= 15 is 0 Å². The normalized spacial score (nSPS) is 10.3. The van der Waals surface area contributed by atoms with E-state index in [1.807, 2.05) is 0 Å². The number of aromatic hydroxyl groups is 1. The second kappa shape index (κ2) is 4.59. The summed E-state index contributed by atoms with van der Waals surface area (Å²) in [6.45, 7) is 0. The van der Waals surface area contributed by atoms with Crippen LogP contribution in [0.5, 0.6) is 5.75 Å². The van der Waals surface area contributed by atoms with Crippen LogP contribution in [0.25, 0.3) is 0 Å². The maximum absolute atomic E-state index is 10.6. The lowest BCUT2D eigenvalue weighted by molar-refractivity contribution is 0.381. The van der Waals surface area contributed by atoms with Gasteiger partial charge < -0.3 is 16.6 Å². The molecule has 0 aliphatic heterocycles. The largest absolute Gasteiger partial charge is 0.500 e. The van der Waals surface area contributed by atoms with Gasteiger partial charge in [0.05, 0.1) is 0 Å². The van der Waals surface area contributed by atoms with E-state index in [4.69, 9.17) is 34.1 Å². The molecule has 11 heteroatoms. The first kappa shape index (κ1) is 13.2. The van der Waals surface area contributed by atoms with Crippen molar-refractivity contribution >= 4 is 22.2 Å². The van der Waals surface area contributed by atoms with Gasteiger partial charge in [-0.2, -0.15) is 13.4 Å². The minimum Gasteiger partial charge on any atom is -0.500 e. The average molecular weight is 240 g/mol. The first-order valence-electron chi connectivity index (χ1n) is 3.15. The van der Waals surface area contributed by atoms with Crippen LogP contribution in [0.2, 0.25) is 0 Å². The molecule has 10 nitrogen and oxygen atoms in total. The zero-order valence-corrected chi connectivity index (χ0v) is 7.89. The molecule has 0 spiro atoms. The second-order valence-electron chi connectivity index (χ2n) is 2.13. The number of hydrogen-bond acceptors (Lipinski definition) is 7. The van der Waals surface area contributed by atoms with Gasteiger partial charge in [-0.1, -0.05) is 0 Å². The summed E-state index contributed by atoms with van der Waals surface area (Å²) >= 11 is 0. The number of H-pyrrole nitrogens is 1. The van der Waals surface area contributed by atoms with E-state index in [0.29, 0.717) is 0 Å². The van der Waals surface area contributed by atoms with Crippen LogP contribution in [0.3, 0.4) is 0 Å². The lowest BCUT2D eigenvalue weighted by Crippen LogP contribution is -2.12. The maximum Gasteiger partial charge on any atom is 0.394 e. The quantitative estimate of drug-likeness (QED) is 0.278. The van der Waals surface area contributed by atoms with E-state index in [9.17, 15) is 4.79 Å². The summed E-state index contributed by atoms with van der Waals surface area (Å²) in [6, 6.07) is 0. The summed E-state index contributed by atoms with van der Waals surface area (Å²) in [5.41, 5.74) is 9.40. The molecule has 0 aliphatic carbocycles. The van der Waals surface area contributed by atoms with Gasteiger partial charge in [-0.05, 0) is 0 Å². The third-order valence-corrected chi connectivity index (χ3v) is 0.940. The predicted molar refractivity (Wildman–Crippen MR) is 49.5 cm³/mol. The molecule has 0 bridgehead atoms. The summed E-state index contributed by atoms with van der Waals surface area (Å²) in [6.07, 6.45) is 0. The molecular formula is C4H8N4O6S. The molecular weight excluding hydrogens is 232 g/mol. The van der Waals surface area contributed by atoms with Gasteiger partial charge in [0.1, 0.15) is 0 Å². The molecule has 0 saturated carbocycles. The van der Waals surface area contributed by atoms with E-state index in [1.54, 1.807) is 0 Å². The lowest BCUT2D eigenvalue weighted by atomic mass is 10.5. The Labute approximate surface area is 83.1 Å². The highest BCUT2D eigenvalue weighted by Crippen LogP contribution is 2.08. The summed E-state index contributed by atoms with van der Waals surface area (Å²) < 4.78 is 31.6. The van der Waals surface area contributed by atoms with Gasteiger partial charge in [-0.25, -0.2) is 0 Å². The molecule has 1 rings (SSSR count). The SMILES string of the molecule is Nc1nc(N)c(O)c(=O)[nH]1.O=S(=O)(O)O. The van der Waals surface area contributed by atoms with Crippen LogP contribution in [0.15, 0.2) is 4.79 Å². The number of nitrogen functional groups attached to an aromatic ring is 2. The smallest absolute Gasteiger partial charge is 0.394 e. The highest BCUT2D eigenvalue weighted by atomic mass is 32.3. The number of anilines is 2.